The average Bonchev–Trinajstić information content (AvgIpc) is 2.60. The molecule has 0 fully saturated rings. The number of carbonyl (C=O) groups is 1. The Hall–Kier alpha value is -1.16. The van der Waals surface area contributed by atoms with E-state index in [1.165, 1.54) is 0 Å². The number of hydrogen-bond acceptors (Lipinski definition) is 3. The number of ether oxygens (including phenoxy) is 1. The van der Waals surface area contributed by atoms with E-state index in [-0.39, 0.29) is 11.4 Å². The number of aromatic nitrogens is 2. The van der Waals surface area contributed by atoms with Gasteiger partial charge < -0.3 is 9.30 Å². The van der Waals surface area contributed by atoms with Gasteiger partial charge in [0.1, 0.15) is 11.6 Å². The first-order chi connectivity index (χ1) is 7.44. The van der Waals surface area contributed by atoms with Crippen molar-refractivity contribution >= 4 is 5.78 Å². The predicted octanol–water partition coefficient (Wildman–Crippen LogP) is 1.74. The van der Waals surface area contributed by atoms with E-state index in [2.05, 4.69) is 4.98 Å². The van der Waals surface area contributed by atoms with Gasteiger partial charge >= 0.3 is 0 Å². The van der Waals surface area contributed by atoms with E-state index in [4.69, 9.17) is 4.74 Å². The van der Waals surface area contributed by atoms with Gasteiger partial charge in [-0.3, -0.25) is 4.79 Å². The van der Waals surface area contributed by atoms with Gasteiger partial charge in [0.2, 0.25) is 0 Å². The van der Waals surface area contributed by atoms with E-state index in [1.807, 2.05) is 31.7 Å². The van der Waals surface area contributed by atoms with Gasteiger partial charge in [-0.2, -0.15) is 0 Å². The fourth-order valence-electron chi connectivity index (χ4n) is 1.52. The fourth-order valence-corrected chi connectivity index (χ4v) is 1.52. The first kappa shape index (κ1) is 12.9. The third kappa shape index (κ3) is 3.77. The molecule has 0 unspecified atom stereocenters. The van der Waals surface area contributed by atoms with Crippen LogP contribution in [0.5, 0.6) is 0 Å². The Morgan fingerprint density at radius 1 is 1.56 bits per heavy atom. The molecule has 4 nitrogen and oxygen atoms in total. The third-order valence-corrected chi connectivity index (χ3v) is 2.72. The van der Waals surface area contributed by atoms with Crippen molar-refractivity contribution in [3.63, 3.8) is 0 Å². The summed E-state index contributed by atoms with van der Waals surface area (Å²) in [7, 11) is 3.57. The summed E-state index contributed by atoms with van der Waals surface area (Å²) in [4.78, 5) is 15.9. The maximum absolute atomic E-state index is 11.7. The Bertz CT molecular complexity index is 356. The molecule has 0 radical (unpaired) electrons. The largest absolute Gasteiger partial charge is 0.378 e. The highest BCUT2D eigenvalue weighted by Crippen LogP contribution is 2.15. The highest BCUT2D eigenvalue weighted by Gasteiger charge is 2.20. The molecule has 4 heteroatoms. The monoisotopic (exact) mass is 224 g/mol. The lowest BCUT2D eigenvalue weighted by atomic mass is 9.99. The van der Waals surface area contributed by atoms with E-state index in [0.29, 0.717) is 19.3 Å². The molecule has 0 N–H and O–H groups in total. The number of Topliss-reactive ketones (excluding diaryl/α,β-unsaturated/α-hetero) is 1. The molecule has 0 amide bonds. The first-order valence-corrected chi connectivity index (χ1v) is 5.47. The normalized spacial score (nSPS) is 11.8. The molecule has 1 heterocycles. The van der Waals surface area contributed by atoms with E-state index in [1.54, 1.807) is 13.3 Å². The Morgan fingerprint density at radius 2 is 2.25 bits per heavy atom. The highest BCUT2D eigenvalue weighted by molar-refractivity contribution is 5.79. The summed E-state index contributed by atoms with van der Waals surface area (Å²) in [5, 5.41) is 0. The van der Waals surface area contributed by atoms with Gasteiger partial charge in [0, 0.05) is 45.8 Å². The van der Waals surface area contributed by atoms with Crippen molar-refractivity contribution in [1.82, 2.24) is 9.55 Å². The van der Waals surface area contributed by atoms with Crippen LogP contribution in [0.2, 0.25) is 0 Å². The maximum atomic E-state index is 11.7. The lowest BCUT2D eigenvalue weighted by Gasteiger charge is -2.21. The lowest BCUT2D eigenvalue weighted by Crippen LogP contribution is -2.26. The molecule has 0 bridgehead atoms. The van der Waals surface area contributed by atoms with Crippen LogP contribution in [0, 0.1) is 0 Å². The lowest BCUT2D eigenvalue weighted by molar-refractivity contribution is -0.124. The van der Waals surface area contributed by atoms with Crippen molar-refractivity contribution in [2.75, 3.05) is 7.11 Å². The molecule has 1 rings (SSSR count). The standard InChI is InChI=1S/C12H20N2O2/c1-12(2,16-4)9-10(15)5-6-11-13-7-8-14(11)3/h7-8H,5-6,9H2,1-4H3. The van der Waals surface area contributed by atoms with Gasteiger partial charge in [-0.25, -0.2) is 4.98 Å². The van der Waals surface area contributed by atoms with Crippen molar-refractivity contribution in [2.45, 2.75) is 38.7 Å². The summed E-state index contributed by atoms with van der Waals surface area (Å²) in [6, 6.07) is 0. The van der Waals surface area contributed by atoms with Crippen LogP contribution >= 0.6 is 0 Å². The number of nitrogens with zero attached hydrogens (tertiary/aromatic N) is 2. The summed E-state index contributed by atoms with van der Waals surface area (Å²) >= 11 is 0. The molecular weight excluding hydrogens is 204 g/mol. The molecule has 0 saturated carbocycles. The molecule has 0 atom stereocenters. The Morgan fingerprint density at radius 3 is 2.75 bits per heavy atom. The molecule has 0 saturated heterocycles. The number of aryl methyl sites for hydroxylation is 2. The van der Waals surface area contributed by atoms with Crippen LogP contribution in [0.25, 0.3) is 0 Å². The molecule has 0 aliphatic heterocycles. The number of hydrogen-bond donors (Lipinski definition) is 0. The Kier molecular flexibility index (Phi) is 4.24. The second-order valence-electron chi connectivity index (χ2n) is 4.63. The van der Waals surface area contributed by atoms with Gasteiger partial charge in [-0.15, -0.1) is 0 Å². The van der Waals surface area contributed by atoms with Crippen LogP contribution < -0.4 is 0 Å². The molecule has 1 aromatic heterocycles. The molecule has 16 heavy (non-hydrogen) atoms. The van der Waals surface area contributed by atoms with Crippen molar-refractivity contribution in [1.29, 1.82) is 0 Å². The summed E-state index contributed by atoms with van der Waals surface area (Å²) in [5.74, 6) is 1.17. The van der Waals surface area contributed by atoms with Gasteiger partial charge in [-0.05, 0) is 13.8 Å². The van der Waals surface area contributed by atoms with Crippen molar-refractivity contribution in [3.05, 3.63) is 18.2 Å². The summed E-state index contributed by atoms with van der Waals surface area (Å²) in [5.41, 5.74) is -0.362. The van der Waals surface area contributed by atoms with Crippen LogP contribution in [0.15, 0.2) is 12.4 Å². The molecule has 0 aliphatic rings. The Labute approximate surface area is 96.6 Å². The minimum Gasteiger partial charge on any atom is -0.378 e. The molecule has 0 spiro atoms. The number of ketones is 1. The van der Waals surface area contributed by atoms with Gasteiger partial charge in [0.05, 0.1) is 5.60 Å². The molecule has 1 aromatic rings. The predicted molar refractivity (Wildman–Crippen MR) is 62.2 cm³/mol. The first-order valence-electron chi connectivity index (χ1n) is 5.47. The van der Waals surface area contributed by atoms with Crippen molar-refractivity contribution in [2.24, 2.45) is 7.05 Å². The topological polar surface area (TPSA) is 44.1 Å². The molecular formula is C12H20N2O2. The summed E-state index contributed by atoms with van der Waals surface area (Å²) < 4.78 is 7.17. The number of carbonyl (C=O) groups excluding carboxylic acids is 1. The molecule has 0 aromatic carbocycles. The van der Waals surface area contributed by atoms with E-state index < -0.39 is 0 Å². The Balaban J connectivity index is 2.39. The number of rotatable bonds is 6. The number of methoxy groups -OCH3 is 1. The summed E-state index contributed by atoms with van der Waals surface area (Å²) in [6.07, 6.45) is 5.31. The molecule has 0 aliphatic carbocycles. The minimum atomic E-state index is -0.362. The fraction of sp³-hybridized carbons (Fsp3) is 0.667. The van der Waals surface area contributed by atoms with Gasteiger partial charge in [0.25, 0.3) is 0 Å². The van der Waals surface area contributed by atoms with E-state index >= 15 is 0 Å². The second kappa shape index (κ2) is 5.25. The number of imidazole rings is 1. The smallest absolute Gasteiger partial charge is 0.136 e. The quantitative estimate of drug-likeness (QED) is 0.739. The summed E-state index contributed by atoms with van der Waals surface area (Å²) in [6.45, 7) is 3.84. The van der Waals surface area contributed by atoms with E-state index in [9.17, 15) is 4.79 Å². The van der Waals surface area contributed by atoms with Crippen molar-refractivity contribution < 1.29 is 9.53 Å². The van der Waals surface area contributed by atoms with Crippen molar-refractivity contribution in [3.8, 4) is 0 Å². The molecule has 90 valence electrons. The van der Waals surface area contributed by atoms with Crippen LogP contribution in [0.1, 0.15) is 32.5 Å². The zero-order valence-electron chi connectivity index (χ0n) is 10.5. The van der Waals surface area contributed by atoms with Gasteiger partial charge in [0.15, 0.2) is 0 Å². The highest BCUT2D eigenvalue weighted by atomic mass is 16.5. The van der Waals surface area contributed by atoms with E-state index in [0.717, 1.165) is 5.82 Å². The SMILES string of the molecule is COC(C)(C)CC(=O)CCc1nccn1C. The second-order valence-corrected chi connectivity index (χ2v) is 4.63. The van der Waals surface area contributed by atoms with Crippen LogP contribution in [-0.4, -0.2) is 28.0 Å². The zero-order chi connectivity index (χ0) is 12.2. The third-order valence-electron chi connectivity index (χ3n) is 2.72. The maximum Gasteiger partial charge on any atom is 0.136 e. The van der Waals surface area contributed by atoms with Crippen LogP contribution in [-0.2, 0) is 23.0 Å². The van der Waals surface area contributed by atoms with Gasteiger partial charge in [-0.1, -0.05) is 0 Å². The minimum absolute atomic E-state index is 0.217. The average molecular weight is 224 g/mol. The zero-order valence-corrected chi connectivity index (χ0v) is 10.5. The van der Waals surface area contributed by atoms with Crippen LogP contribution in [0.3, 0.4) is 0 Å². The van der Waals surface area contributed by atoms with Crippen LogP contribution in [0.4, 0.5) is 0 Å².